The standard InChI is InChI=1S/C18H19N3O/c1-19-10-15(14-4-2-3-5-16(14)19)18(22)21-9-12-8-20-7-6-13(12)17(21)11-20/h2-5,10-13H,6-9H2,1H3/t12-,13-/m0/s1. The van der Waals surface area contributed by atoms with Crippen LogP contribution in [0.3, 0.4) is 0 Å². The third-order valence-corrected chi connectivity index (χ3v) is 5.56. The highest BCUT2D eigenvalue weighted by Crippen LogP contribution is 2.44. The van der Waals surface area contributed by atoms with Gasteiger partial charge in [-0.3, -0.25) is 4.79 Å². The number of allylic oxidation sites excluding steroid dienone is 1. The van der Waals surface area contributed by atoms with Gasteiger partial charge in [0, 0.05) is 67.5 Å². The highest BCUT2D eigenvalue weighted by atomic mass is 16.2. The lowest BCUT2D eigenvalue weighted by molar-refractivity contribution is 0.0822. The van der Waals surface area contributed by atoms with Crippen molar-refractivity contribution in [2.45, 2.75) is 6.42 Å². The van der Waals surface area contributed by atoms with Crippen LogP contribution in [0, 0.1) is 11.8 Å². The van der Waals surface area contributed by atoms with Gasteiger partial charge in [0.25, 0.3) is 5.91 Å². The van der Waals surface area contributed by atoms with Crippen molar-refractivity contribution in [1.29, 1.82) is 0 Å². The fourth-order valence-electron chi connectivity index (χ4n) is 4.50. The zero-order valence-corrected chi connectivity index (χ0v) is 12.7. The molecule has 0 aliphatic carbocycles. The topological polar surface area (TPSA) is 28.5 Å². The predicted molar refractivity (Wildman–Crippen MR) is 85.2 cm³/mol. The van der Waals surface area contributed by atoms with E-state index in [1.54, 1.807) is 0 Å². The molecule has 2 atom stereocenters. The van der Waals surface area contributed by atoms with Gasteiger partial charge in [0.15, 0.2) is 0 Å². The van der Waals surface area contributed by atoms with E-state index in [2.05, 4.69) is 27.8 Å². The van der Waals surface area contributed by atoms with Gasteiger partial charge in [-0.1, -0.05) is 18.2 Å². The molecule has 112 valence electrons. The van der Waals surface area contributed by atoms with Crippen molar-refractivity contribution in [2.24, 2.45) is 18.9 Å². The summed E-state index contributed by atoms with van der Waals surface area (Å²) in [5.74, 6) is 1.40. The van der Waals surface area contributed by atoms with E-state index < -0.39 is 0 Å². The first-order chi connectivity index (χ1) is 10.7. The molecule has 2 fully saturated rings. The quantitative estimate of drug-likeness (QED) is 0.808. The lowest BCUT2D eigenvalue weighted by atomic mass is 9.84. The van der Waals surface area contributed by atoms with Gasteiger partial charge in [0.05, 0.1) is 5.56 Å². The van der Waals surface area contributed by atoms with E-state index in [9.17, 15) is 4.79 Å². The molecule has 0 N–H and O–H groups in total. The van der Waals surface area contributed by atoms with Crippen molar-refractivity contribution in [3.63, 3.8) is 0 Å². The summed E-state index contributed by atoms with van der Waals surface area (Å²) in [6.07, 6.45) is 5.41. The van der Waals surface area contributed by atoms with Crippen LogP contribution in [-0.4, -0.2) is 39.9 Å². The molecule has 0 unspecified atom stereocenters. The summed E-state index contributed by atoms with van der Waals surface area (Å²) in [4.78, 5) is 17.6. The van der Waals surface area contributed by atoms with Gasteiger partial charge in [-0.05, 0) is 12.5 Å². The third-order valence-electron chi connectivity index (χ3n) is 5.56. The van der Waals surface area contributed by atoms with E-state index in [1.807, 2.05) is 30.3 Å². The number of piperidine rings is 1. The smallest absolute Gasteiger partial charge is 0.260 e. The molecule has 4 aliphatic rings. The molecule has 1 aromatic heterocycles. The first-order valence-electron chi connectivity index (χ1n) is 8.04. The van der Waals surface area contributed by atoms with E-state index in [4.69, 9.17) is 0 Å². The molecule has 4 aliphatic heterocycles. The van der Waals surface area contributed by atoms with E-state index >= 15 is 0 Å². The van der Waals surface area contributed by atoms with Gasteiger partial charge in [-0.15, -0.1) is 0 Å². The van der Waals surface area contributed by atoms with Gasteiger partial charge >= 0.3 is 0 Å². The zero-order valence-electron chi connectivity index (χ0n) is 12.7. The van der Waals surface area contributed by atoms with Crippen molar-refractivity contribution in [2.75, 3.05) is 19.6 Å². The molecule has 2 aromatic rings. The maximum atomic E-state index is 13.1. The SMILES string of the molecule is Cn1cc(C(=O)N2C[C@@H]3CN4C=C2[C@H]3CC4)c2ccccc21. The monoisotopic (exact) mass is 293 g/mol. The number of rotatable bonds is 1. The number of para-hydroxylation sites is 1. The molecule has 2 saturated heterocycles. The summed E-state index contributed by atoms with van der Waals surface area (Å²) in [6.45, 7) is 3.16. The number of hydrogen-bond donors (Lipinski definition) is 0. The van der Waals surface area contributed by atoms with Crippen molar-refractivity contribution >= 4 is 16.8 Å². The minimum Gasteiger partial charge on any atom is -0.376 e. The largest absolute Gasteiger partial charge is 0.376 e. The maximum absolute atomic E-state index is 13.1. The number of carbonyl (C=O) groups excluding carboxylic acids is 1. The highest BCUT2D eigenvalue weighted by Gasteiger charge is 2.46. The molecule has 6 rings (SSSR count). The number of nitrogens with zero attached hydrogens (tertiary/aromatic N) is 3. The Bertz CT molecular complexity index is 819. The van der Waals surface area contributed by atoms with Crippen LogP contribution < -0.4 is 0 Å². The second-order valence-electron chi connectivity index (χ2n) is 6.79. The molecule has 0 spiro atoms. The molecule has 4 bridgehead atoms. The highest BCUT2D eigenvalue weighted by molar-refractivity contribution is 6.07. The average molecular weight is 293 g/mol. The third kappa shape index (κ3) is 1.50. The Kier molecular flexibility index (Phi) is 2.33. The van der Waals surface area contributed by atoms with E-state index in [0.29, 0.717) is 11.8 Å². The second kappa shape index (κ2) is 4.15. The van der Waals surface area contributed by atoms with Gasteiger partial charge in [0.1, 0.15) is 0 Å². The summed E-state index contributed by atoms with van der Waals surface area (Å²) in [7, 11) is 2.01. The maximum Gasteiger partial charge on any atom is 0.260 e. The Morgan fingerprint density at radius 3 is 2.91 bits per heavy atom. The van der Waals surface area contributed by atoms with Gasteiger partial charge < -0.3 is 14.4 Å². The number of aromatic nitrogens is 1. The molecule has 1 aromatic carbocycles. The Morgan fingerprint density at radius 2 is 2.09 bits per heavy atom. The molecular formula is C18H19N3O. The van der Waals surface area contributed by atoms with Gasteiger partial charge in [-0.25, -0.2) is 0 Å². The molecule has 4 nitrogen and oxygen atoms in total. The molecule has 0 radical (unpaired) electrons. The number of carbonyl (C=O) groups is 1. The van der Waals surface area contributed by atoms with Crippen LogP contribution in [0.5, 0.6) is 0 Å². The minimum atomic E-state index is 0.166. The fourth-order valence-corrected chi connectivity index (χ4v) is 4.50. The normalized spacial score (nSPS) is 26.0. The minimum absolute atomic E-state index is 0.166. The van der Waals surface area contributed by atoms with Crippen LogP contribution >= 0.6 is 0 Å². The molecule has 1 amide bonds. The van der Waals surface area contributed by atoms with Crippen LogP contribution in [0.1, 0.15) is 16.8 Å². The molecular weight excluding hydrogens is 274 g/mol. The number of amides is 1. The Morgan fingerprint density at radius 1 is 1.23 bits per heavy atom. The van der Waals surface area contributed by atoms with E-state index in [-0.39, 0.29) is 5.91 Å². The fraction of sp³-hybridized carbons (Fsp3) is 0.389. The number of likely N-dealkylation sites (tertiary alicyclic amines) is 1. The molecule has 4 heteroatoms. The Balaban J connectivity index is 1.59. The average Bonchev–Trinajstić information content (AvgIpc) is 3.03. The summed E-state index contributed by atoms with van der Waals surface area (Å²) in [5, 5.41) is 1.06. The summed E-state index contributed by atoms with van der Waals surface area (Å²) in [5.41, 5.74) is 3.20. The van der Waals surface area contributed by atoms with Crippen molar-refractivity contribution in [3.05, 3.63) is 47.9 Å². The zero-order chi connectivity index (χ0) is 14.8. The predicted octanol–water partition coefficient (Wildman–Crippen LogP) is 2.43. The van der Waals surface area contributed by atoms with E-state index in [0.717, 1.165) is 36.1 Å². The molecule has 22 heavy (non-hydrogen) atoms. The van der Waals surface area contributed by atoms with Crippen LogP contribution in [0.2, 0.25) is 0 Å². The molecule has 5 heterocycles. The number of aryl methyl sites for hydroxylation is 1. The van der Waals surface area contributed by atoms with Gasteiger partial charge in [-0.2, -0.15) is 0 Å². The number of fused-ring (bicyclic) bond motifs is 2. The lowest BCUT2D eigenvalue weighted by Crippen LogP contribution is -2.40. The van der Waals surface area contributed by atoms with Crippen LogP contribution in [0.4, 0.5) is 0 Å². The van der Waals surface area contributed by atoms with Crippen molar-refractivity contribution in [3.8, 4) is 0 Å². The van der Waals surface area contributed by atoms with Crippen molar-refractivity contribution in [1.82, 2.24) is 14.4 Å². The first-order valence-corrected chi connectivity index (χ1v) is 8.04. The summed E-state index contributed by atoms with van der Waals surface area (Å²) in [6, 6.07) is 8.15. The van der Waals surface area contributed by atoms with E-state index in [1.165, 1.54) is 12.1 Å². The lowest BCUT2D eigenvalue weighted by Gasteiger charge is -2.39. The van der Waals surface area contributed by atoms with Crippen LogP contribution in [0.15, 0.2) is 42.4 Å². The first kappa shape index (κ1) is 12.3. The Labute approximate surface area is 129 Å². The van der Waals surface area contributed by atoms with Crippen LogP contribution in [-0.2, 0) is 7.05 Å². The van der Waals surface area contributed by atoms with Crippen molar-refractivity contribution < 1.29 is 4.79 Å². The second-order valence-corrected chi connectivity index (χ2v) is 6.79. The summed E-state index contributed by atoms with van der Waals surface area (Å²) < 4.78 is 2.05. The summed E-state index contributed by atoms with van der Waals surface area (Å²) >= 11 is 0. The Hall–Kier alpha value is -2.23. The molecule has 0 saturated carbocycles. The number of benzene rings is 1. The van der Waals surface area contributed by atoms with Gasteiger partial charge in [0.2, 0.25) is 0 Å². The van der Waals surface area contributed by atoms with Crippen LogP contribution in [0.25, 0.3) is 10.9 Å². The number of hydrogen-bond acceptors (Lipinski definition) is 2.